The van der Waals surface area contributed by atoms with Gasteiger partial charge in [0.25, 0.3) is 0 Å². The van der Waals surface area contributed by atoms with E-state index < -0.39 is 0 Å². The Labute approximate surface area is 133 Å². The van der Waals surface area contributed by atoms with E-state index in [0.29, 0.717) is 11.8 Å². The van der Waals surface area contributed by atoms with Crippen molar-refractivity contribution in [1.82, 2.24) is 10.2 Å². The SMILES string of the molecule is CC(C)(C)SCC(=O)NC1CCN(C[C@H]2CCOC2)CC1. The highest BCUT2D eigenvalue weighted by Gasteiger charge is 2.24. The molecule has 2 aliphatic heterocycles. The molecule has 0 unspecified atom stereocenters. The third-order valence-electron chi connectivity index (χ3n) is 4.13. The molecule has 4 nitrogen and oxygen atoms in total. The van der Waals surface area contributed by atoms with Crippen molar-refractivity contribution in [3.63, 3.8) is 0 Å². The molecule has 0 aromatic carbocycles. The van der Waals surface area contributed by atoms with Gasteiger partial charge in [0.1, 0.15) is 0 Å². The number of piperidine rings is 1. The van der Waals surface area contributed by atoms with Crippen LogP contribution >= 0.6 is 11.8 Å². The summed E-state index contributed by atoms with van der Waals surface area (Å²) in [5.41, 5.74) is 0. The fourth-order valence-electron chi connectivity index (χ4n) is 2.90. The summed E-state index contributed by atoms with van der Waals surface area (Å²) in [6, 6.07) is 0.370. The first-order valence-electron chi connectivity index (χ1n) is 8.16. The summed E-state index contributed by atoms with van der Waals surface area (Å²) in [6.07, 6.45) is 3.37. The van der Waals surface area contributed by atoms with Crippen molar-refractivity contribution >= 4 is 17.7 Å². The highest BCUT2D eigenvalue weighted by Crippen LogP contribution is 2.23. The Balaban J connectivity index is 1.61. The van der Waals surface area contributed by atoms with E-state index in [1.54, 1.807) is 11.8 Å². The van der Waals surface area contributed by atoms with E-state index in [-0.39, 0.29) is 10.7 Å². The number of likely N-dealkylation sites (tertiary alicyclic amines) is 1. The van der Waals surface area contributed by atoms with Crippen LogP contribution in [0.4, 0.5) is 0 Å². The largest absolute Gasteiger partial charge is 0.381 e. The monoisotopic (exact) mass is 314 g/mol. The molecule has 0 spiro atoms. The lowest BCUT2D eigenvalue weighted by molar-refractivity contribution is -0.119. The van der Waals surface area contributed by atoms with Gasteiger partial charge < -0.3 is 15.0 Å². The number of amides is 1. The summed E-state index contributed by atoms with van der Waals surface area (Å²) in [6.45, 7) is 11.7. The molecule has 0 saturated carbocycles. The van der Waals surface area contributed by atoms with Crippen molar-refractivity contribution in [2.45, 2.75) is 50.8 Å². The second-order valence-corrected chi connectivity index (χ2v) is 9.08. The second kappa shape index (κ2) is 7.84. The molecule has 2 aliphatic rings. The van der Waals surface area contributed by atoms with Crippen LogP contribution in [-0.2, 0) is 9.53 Å². The first-order valence-corrected chi connectivity index (χ1v) is 9.14. The molecule has 1 N–H and O–H groups in total. The van der Waals surface area contributed by atoms with Crippen LogP contribution in [0.1, 0.15) is 40.0 Å². The van der Waals surface area contributed by atoms with E-state index in [0.717, 1.165) is 45.1 Å². The van der Waals surface area contributed by atoms with E-state index in [1.165, 1.54) is 13.0 Å². The Morgan fingerprint density at radius 3 is 2.57 bits per heavy atom. The summed E-state index contributed by atoms with van der Waals surface area (Å²) in [7, 11) is 0. The van der Waals surface area contributed by atoms with Crippen LogP contribution in [0.25, 0.3) is 0 Å². The summed E-state index contributed by atoms with van der Waals surface area (Å²) < 4.78 is 5.60. The minimum atomic E-state index is 0.157. The summed E-state index contributed by atoms with van der Waals surface area (Å²) in [4.78, 5) is 14.5. The van der Waals surface area contributed by atoms with E-state index >= 15 is 0 Å². The third-order valence-corrected chi connectivity index (χ3v) is 5.40. The van der Waals surface area contributed by atoms with Crippen molar-refractivity contribution in [1.29, 1.82) is 0 Å². The molecule has 0 radical (unpaired) electrons. The van der Waals surface area contributed by atoms with Crippen molar-refractivity contribution in [3.05, 3.63) is 0 Å². The number of hydrogen-bond donors (Lipinski definition) is 1. The number of nitrogens with one attached hydrogen (secondary N) is 1. The van der Waals surface area contributed by atoms with E-state index in [1.807, 2.05) is 0 Å². The van der Waals surface area contributed by atoms with Crippen molar-refractivity contribution < 1.29 is 9.53 Å². The molecule has 1 amide bonds. The third kappa shape index (κ3) is 6.57. The molecular weight excluding hydrogens is 284 g/mol. The van der Waals surface area contributed by atoms with Gasteiger partial charge in [-0.25, -0.2) is 0 Å². The Morgan fingerprint density at radius 2 is 2.00 bits per heavy atom. The molecule has 2 fully saturated rings. The fourth-order valence-corrected chi connectivity index (χ4v) is 3.55. The highest BCUT2D eigenvalue weighted by molar-refractivity contribution is 8.01. The average molecular weight is 314 g/mol. The van der Waals surface area contributed by atoms with Crippen LogP contribution in [0.15, 0.2) is 0 Å². The van der Waals surface area contributed by atoms with E-state index in [2.05, 4.69) is 31.0 Å². The van der Waals surface area contributed by atoms with Gasteiger partial charge in [0.15, 0.2) is 0 Å². The fraction of sp³-hybridized carbons (Fsp3) is 0.938. The number of carbonyl (C=O) groups excluding carboxylic acids is 1. The zero-order valence-corrected chi connectivity index (χ0v) is 14.5. The van der Waals surface area contributed by atoms with Gasteiger partial charge in [0.2, 0.25) is 5.91 Å². The lowest BCUT2D eigenvalue weighted by atomic mass is 10.0. The predicted octanol–water partition coefficient (Wildman–Crippen LogP) is 2.14. The maximum Gasteiger partial charge on any atom is 0.230 e. The molecule has 2 heterocycles. The molecule has 5 heteroatoms. The first kappa shape index (κ1) is 17.1. The second-order valence-electron chi connectivity index (χ2n) is 7.27. The molecule has 122 valence electrons. The van der Waals surface area contributed by atoms with Crippen LogP contribution < -0.4 is 5.32 Å². The molecule has 2 saturated heterocycles. The van der Waals surface area contributed by atoms with Crippen LogP contribution in [0.3, 0.4) is 0 Å². The maximum absolute atomic E-state index is 12.0. The first-order chi connectivity index (χ1) is 9.92. The standard InChI is InChI=1S/C16H30N2O2S/c1-16(2,3)21-12-15(19)17-14-4-7-18(8-5-14)10-13-6-9-20-11-13/h13-14H,4-12H2,1-3H3,(H,17,19)/t13-/m1/s1. The Morgan fingerprint density at radius 1 is 1.29 bits per heavy atom. The van der Waals surface area contributed by atoms with Gasteiger partial charge in [-0.1, -0.05) is 20.8 Å². The van der Waals surface area contributed by atoms with Crippen LogP contribution in [0, 0.1) is 5.92 Å². The number of nitrogens with zero attached hydrogens (tertiary/aromatic N) is 1. The molecule has 0 aromatic heterocycles. The molecular formula is C16H30N2O2S. The van der Waals surface area contributed by atoms with E-state index in [4.69, 9.17) is 4.74 Å². The highest BCUT2D eigenvalue weighted by atomic mass is 32.2. The van der Waals surface area contributed by atoms with Gasteiger partial charge in [0.05, 0.1) is 12.4 Å². The summed E-state index contributed by atoms with van der Waals surface area (Å²) in [5, 5.41) is 3.19. The van der Waals surface area contributed by atoms with Crippen LogP contribution in [0.5, 0.6) is 0 Å². The van der Waals surface area contributed by atoms with E-state index in [9.17, 15) is 4.79 Å². The van der Waals surface area contributed by atoms with Crippen LogP contribution in [0.2, 0.25) is 0 Å². The molecule has 1 atom stereocenters. The Bertz CT molecular complexity index is 330. The minimum absolute atomic E-state index is 0.157. The molecule has 0 bridgehead atoms. The number of carbonyl (C=O) groups is 1. The summed E-state index contributed by atoms with van der Waals surface area (Å²) >= 11 is 1.72. The Hall–Kier alpha value is -0.260. The number of rotatable bonds is 5. The lowest BCUT2D eigenvalue weighted by Gasteiger charge is -2.33. The lowest BCUT2D eigenvalue weighted by Crippen LogP contribution is -2.46. The molecule has 0 aliphatic carbocycles. The predicted molar refractivity (Wildman–Crippen MR) is 88.7 cm³/mol. The van der Waals surface area contributed by atoms with Gasteiger partial charge in [-0.05, 0) is 25.2 Å². The smallest absolute Gasteiger partial charge is 0.230 e. The molecule has 21 heavy (non-hydrogen) atoms. The zero-order chi connectivity index (χ0) is 15.3. The van der Waals surface area contributed by atoms with Crippen molar-refractivity contribution in [2.75, 3.05) is 38.6 Å². The minimum Gasteiger partial charge on any atom is -0.381 e. The molecule has 2 rings (SSSR count). The normalized spacial score (nSPS) is 25.2. The average Bonchev–Trinajstić information content (AvgIpc) is 2.91. The topological polar surface area (TPSA) is 41.6 Å². The number of thioether (sulfide) groups is 1. The number of hydrogen-bond acceptors (Lipinski definition) is 4. The van der Waals surface area contributed by atoms with Gasteiger partial charge in [-0.3, -0.25) is 4.79 Å². The Kier molecular flexibility index (Phi) is 6.38. The van der Waals surface area contributed by atoms with Gasteiger partial charge in [0, 0.05) is 37.0 Å². The van der Waals surface area contributed by atoms with Gasteiger partial charge in [-0.2, -0.15) is 0 Å². The van der Waals surface area contributed by atoms with Crippen LogP contribution in [-0.4, -0.2) is 60.2 Å². The number of ether oxygens (including phenoxy) is 1. The quantitative estimate of drug-likeness (QED) is 0.844. The van der Waals surface area contributed by atoms with Gasteiger partial charge in [-0.15, -0.1) is 11.8 Å². The zero-order valence-electron chi connectivity index (χ0n) is 13.7. The van der Waals surface area contributed by atoms with Gasteiger partial charge >= 0.3 is 0 Å². The van der Waals surface area contributed by atoms with Crippen molar-refractivity contribution in [3.8, 4) is 0 Å². The molecule has 0 aromatic rings. The van der Waals surface area contributed by atoms with Crippen molar-refractivity contribution in [2.24, 2.45) is 5.92 Å². The maximum atomic E-state index is 12.0. The summed E-state index contributed by atoms with van der Waals surface area (Å²) in [5.74, 6) is 1.49.